The fourth-order valence-corrected chi connectivity index (χ4v) is 2.34. The van der Waals surface area contributed by atoms with E-state index in [0.717, 1.165) is 37.7 Å². The maximum absolute atomic E-state index is 5.66. The van der Waals surface area contributed by atoms with Crippen molar-refractivity contribution in [1.82, 2.24) is 0 Å². The molecule has 0 saturated heterocycles. The largest absolute Gasteiger partial charge is 0.495 e. The quantitative estimate of drug-likeness (QED) is 0.744. The Kier molecular flexibility index (Phi) is 7.34. The Morgan fingerprint density at radius 3 is 2.47 bits per heavy atom. The van der Waals surface area contributed by atoms with Gasteiger partial charge in [0.1, 0.15) is 5.75 Å². The Morgan fingerprint density at radius 1 is 1.21 bits per heavy atom. The van der Waals surface area contributed by atoms with Gasteiger partial charge in [-0.2, -0.15) is 0 Å². The molecule has 0 aliphatic heterocycles. The van der Waals surface area contributed by atoms with Crippen molar-refractivity contribution in [2.24, 2.45) is 11.7 Å². The second-order valence-electron chi connectivity index (χ2n) is 4.94. The number of anilines is 1. The number of hydrogen-bond donors (Lipinski definition) is 1. The number of hydrogen-bond acceptors (Lipinski definition) is 3. The minimum Gasteiger partial charge on any atom is -0.495 e. The van der Waals surface area contributed by atoms with Crippen LogP contribution in [0.5, 0.6) is 5.75 Å². The summed E-state index contributed by atoms with van der Waals surface area (Å²) in [5, 5.41) is 0. The summed E-state index contributed by atoms with van der Waals surface area (Å²) in [4.78, 5) is 2.42. The van der Waals surface area contributed by atoms with Crippen molar-refractivity contribution in [3.63, 3.8) is 0 Å². The van der Waals surface area contributed by atoms with Gasteiger partial charge >= 0.3 is 0 Å². The van der Waals surface area contributed by atoms with E-state index in [1.165, 1.54) is 18.5 Å². The summed E-state index contributed by atoms with van der Waals surface area (Å²) in [6.45, 7) is 7.32. The van der Waals surface area contributed by atoms with Gasteiger partial charge < -0.3 is 15.4 Å². The summed E-state index contributed by atoms with van der Waals surface area (Å²) in [6.07, 6.45) is 3.44. The Hall–Kier alpha value is -1.22. The van der Waals surface area contributed by atoms with Crippen LogP contribution in [-0.2, 0) is 0 Å². The van der Waals surface area contributed by atoms with Crippen LogP contribution in [0.25, 0.3) is 0 Å². The van der Waals surface area contributed by atoms with E-state index in [4.69, 9.17) is 10.5 Å². The first kappa shape index (κ1) is 15.8. The van der Waals surface area contributed by atoms with E-state index in [-0.39, 0.29) is 0 Å². The lowest BCUT2D eigenvalue weighted by molar-refractivity contribution is 0.411. The molecule has 0 unspecified atom stereocenters. The van der Waals surface area contributed by atoms with E-state index in [0.29, 0.717) is 0 Å². The first-order valence-corrected chi connectivity index (χ1v) is 7.34. The number of nitrogens with two attached hydrogens (primary N) is 1. The van der Waals surface area contributed by atoms with Gasteiger partial charge in [-0.3, -0.25) is 0 Å². The Bertz CT molecular complexity index is 350. The van der Waals surface area contributed by atoms with E-state index in [1.807, 2.05) is 12.1 Å². The molecule has 0 aliphatic rings. The topological polar surface area (TPSA) is 38.5 Å². The highest BCUT2D eigenvalue weighted by Gasteiger charge is 2.15. The molecule has 0 heterocycles. The van der Waals surface area contributed by atoms with E-state index < -0.39 is 0 Å². The van der Waals surface area contributed by atoms with Gasteiger partial charge in [-0.05, 0) is 31.0 Å². The second-order valence-corrected chi connectivity index (χ2v) is 4.94. The van der Waals surface area contributed by atoms with Crippen LogP contribution in [0.2, 0.25) is 0 Å². The minimum atomic E-state index is 0.725. The molecule has 0 atom stereocenters. The number of nitrogens with zero attached hydrogens (tertiary/aromatic N) is 1. The summed E-state index contributed by atoms with van der Waals surface area (Å²) >= 11 is 0. The molecule has 0 radical (unpaired) electrons. The molecule has 19 heavy (non-hydrogen) atoms. The maximum Gasteiger partial charge on any atom is 0.142 e. The summed E-state index contributed by atoms with van der Waals surface area (Å²) in [7, 11) is 1.73. The second kappa shape index (κ2) is 8.81. The molecule has 3 nitrogen and oxygen atoms in total. The smallest absolute Gasteiger partial charge is 0.142 e. The summed E-state index contributed by atoms with van der Waals surface area (Å²) in [5.41, 5.74) is 6.85. The molecule has 0 aromatic heterocycles. The van der Waals surface area contributed by atoms with Crippen molar-refractivity contribution in [3.05, 3.63) is 24.3 Å². The van der Waals surface area contributed by atoms with Crippen LogP contribution in [0.3, 0.4) is 0 Å². The van der Waals surface area contributed by atoms with Crippen LogP contribution in [0.4, 0.5) is 5.69 Å². The van der Waals surface area contributed by atoms with Crippen molar-refractivity contribution in [3.8, 4) is 5.75 Å². The molecule has 0 amide bonds. The fourth-order valence-electron chi connectivity index (χ4n) is 2.34. The summed E-state index contributed by atoms with van der Waals surface area (Å²) in [5.74, 6) is 1.67. The van der Waals surface area contributed by atoms with E-state index in [2.05, 4.69) is 30.9 Å². The maximum atomic E-state index is 5.66. The highest BCUT2D eigenvalue weighted by Crippen LogP contribution is 2.29. The van der Waals surface area contributed by atoms with Crippen LogP contribution >= 0.6 is 0 Å². The van der Waals surface area contributed by atoms with Crippen LogP contribution < -0.4 is 15.4 Å². The fraction of sp³-hybridized carbons (Fsp3) is 0.625. The third-order valence-corrected chi connectivity index (χ3v) is 3.69. The van der Waals surface area contributed by atoms with Crippen LogP contribution in [0.15, 0.2) is 24.3 Å². The van der Waals surface area contributed by atoms with Crippen LogP contribution in [-0.4, -0.2) is 26.7 Å². The zero-order valence-electron chi connectivity index (χ0n) is 12.6. The summed E-state index contributed by atoms with van der Waals surface area (Å²) < 4.78 is 5.48. The zero-order valence-corrected chi connectivity index (χ0v) is 12.6. The Morgan fingerprint density at radius 2 is 1.89 bits per heavy atom. The molecule has 0 fully saturated rings. The Labute approximate surface area is 117 Å². The first-order valence-electron chi connectivity index (χ1n) is 7.34. The lowest BCUT2D eigenvalue weighted by atomic mass is 10.0. The summed E-state index contributed by atoms with van der Waals surface area (Å²) in [6, 6.07) is 8.25. The van der Waals surface area contributed by atoms with Gasteiger partial charge in [0.2, 0.25) is 0 Å². The minimum absolute atomic E-state index is 0.725. The van der Waals surface area contributed by atoms with E-state index in [1.54, 1.807) is 7.11 Å². The molecular formula is C16H28N2O. The molecule has 108 valence electrons. The van der Waals surface area contributed by atoms with Crippen molar-refractivity contribution in [2.75, 3.05) is 31.6 Å². The van der Waals surface area contributed by atoms with E-state index in [9.17, 15) is 0 Å². The average molecular weight is 264 g/mol. The van der Waals surface area contributed by atoms with Gasteiger partial charge in [-0.25, -0.2) is 0 Å². The average Bonchev–Trinajstić information content (AvgIpc) is 2.47. The number of methoxy groups -OCH3 is 1. The molecule has 0 saturated carbocycles. The predicted molar refractivity (Wildman–Crippen MR) is 83.0 cm³/mol. The molecule has 1 aromatic rings. The van der Waals surface area contributed by atoms with Gasteiger partial charge in [0.05, 0.1) is 12.8 Å². The third-order valence-electron chi connectivity index (χ3n) is 3.69. The molecule has 1 aromatic carbocycles. The van der Waals surface area contributed by atoms with Crippen molar-refractivity contribution in [2.45, 2.75) is 33.1 Å². The SMILES string of the molecule is CCC(CC)CN(CCCN)c1ccccc1OC. The Balaban J connectivity index is 2.88. The number of rotatable bonds is 9. The van der Waals surface area contributed by atoms with E-state index >= 15 is 0 Å². The monoisotopic (exact) mass is 264 g/mol. The highest BCUT2D eigenvalue weighted by molar-refractivity contribution is 5.58. The van der Waals surface area contributed by atoms with Gasteiger partial charge in [0.15, 0.2) is 0 Å². The third kappa shape index (κ3) is 4.75. The molecule has 0 bridgehead atoms. The first-order chi connectivity index (χ1) is 9.26. The predicted octanol–water partition coefficient (Wildman–Crippen LogP) is 3.29. The van der Waals surface area contributed by atoms with Crippen LogP contribution in [0.1, 0.15) is 33.1 Å². The van der Waals surface area contributed by atoms with Crippen molar-refractivity contribution < 1.29 is 4.74 Å². The molecule has 0 aliphatic carbocycles. The normalized spacial score (nSPS) is 10.8. The molecule has 3 heteroatoms. The van der Waals surface area contributed by atoms with Crippen LogP contribution in [0, 0.1) is 5.92 Å². The van der Waals surface area contributed by atoms with Gasteiger partial charge in [-0.1, -0.05) is 38.8 Å². The number of ether oxygens (including phenoxy) is 1. The van der Waals surface area contributed by atoms with Crippen molar-refractivity contribution >= 4 is 5.69 Å². The van der Waals surface area contributed by atoms with Gasteiger partial charge in [0, 0.05) is 13.1 Å². The van der Waals surface area contributed by atoms with Gasteiger partial charge in [-0.15, -0.1) is 0 Å². The molecular weight excluding hydrogens is 236 g/mol. The molecule has 2 N–H and O–H groups in total. The number of benzene rings is 1. The standard InChI is InChI=1S/C16H28N2O/c1-4-14(5-2)13-18(12-8-11-17)15-9-6-7-10-16(15)19-3/h6-7,9-10,14H,4-5,8,11-13,17H2,1-3H3. The molecule has 1 rings (SSSR count). The van der Waals surface area contributed by atoms with Gasteiger partial charge in [0.25, 0.3) is 0 Å². The van der Waals surface area contributed by atoms with Crippen molar-refractivity contribution in [1.29, 1.82) is 0 Å². The lowest BCUT2D eigenvalue weighted by Crippen LogP contribution is -2.31. The zero-order chi connectivity index (χ0) is 14.1. The number of para-hydroxylation sites is 2. The molecule has 0 spiro atoms. The highest BCUT2D eigenvalue weighted by atomic mass is 16.5. The lowest BCUT2D eigenvalue weighted by Gasteiger charge is -2.29.